The highest BCUT2D eigenvalue weighted by atomic mass is 32.1. The van der Waals surface area contributed by atoms with Crippen molar-refractivity contribution in [2.24, 2.45) is 10.2 Å². The van der Waals surface area contributed by atoms with Gasteiger partial charge in [0.25, 0.3) is 0 Å². The van der Waals surface area contributed by atoms with Gasteiger partial charge >= 0.3 is 0 Å². The van der Waals surface area contributed by atoms with Crippen LogP contribution >= 0.6 is 12.2 Å². The van der Waals surface area contributed by atoms with Crippen molar-refractivity contribution in [3.63, 3.8) is 0 Å². The molecule has 0 unspecified atom stereocenters. The highest BCUT2D eigenvalue weighted by Gasteiger charge is 2.15. The summed E-state index contributed by atoms with van der Waals surface area (Å²) >= 11 is 5.23. The van der Waals surface area contributed by atoms with E-state index >= 15 is 0 Å². The largest absolute Gasteiger partial charge is 0.493 e. The lowest BCUT2D eigenvalue weighted by Gasteiger charge is -2.12. The van der Waals surface area contributed by atoms with Crippen molar-refractivity contribution < 1.29 is 10.6 Å². The fourth-order valence-corrected chi connectivity index (χ4v) is 2.50. The molecule has 4 N–H and O–H groups in total. The molecule has 6 nitrogen and oxygen atoms in total. The Bertz CT molecular complexity index is 647. The predicted molar refractivity (Wildman–Crippen MR) is 81.5 cm³/mol. The number of hydrogen-bond donors (Lipinski definition) is 2. The van der Waals surface area contributed by atoms with Gasteiger partial charge in [0.1, 0.15) is 0 Å². The summed E-state index contributed by atoms with van der Waals surface area (Å²) in [5, 5.41) is 19.3. The molecule has 1 aliphatic rings. The highest BCUT2D eigenvalue weighted by molar-refractivity contribution is 7.80. The van der Waals surface area contributed by atoms with Gasteiger partial charge in [0, 0.05) is 18.5 Å². The van der Waals surface area contributed by atoms with E-state index in [2.05, 4.69) is 15.2 Å². The van der Waals surface area contributed by atoms with Crippen molar-refractivity contribution in [2.75, 3.05) is 13.1 Å². The predicted octanol–water partition coefficient (Wildman–Crippen LogP) is 2.51. The van der Waals surface area contributed by atoms with E-state index in [1.165, 1.54) is 0 Å². The third kappa shape index (κ3) is 2.63. The van der Waals surface area contributed by atoms with Crippen LogP contribution in [0, 0.1) is 0 Å². The third-order valence-electron chi connectivity index (χ3n) is 3.27. The molecular weight excluding hydrogens is 276 g/mol. The number of aromatic nitrogens is 1. The van der Waals surface area contributed by atoms with E-state index in [0.717, 1.165) is 36.8 Å². The van der Waals surface area contributed by atoms with Crippen LogP contribution in [0.1, 0.15) is 12.8 Å². The molecular formula is C13H16N4O2S. The molecule has 1 aromatic heterocycles. The van der Waals surface area contributed by atoms with Crippen LogP contribution in [0.3, 0.4) is 0 Å². The summed E-state index contributed by atoms with van der Waals surface area (Å²) in [6, 6.07) is 7.56. The summed E-state index contributed by atoms with van der Waals surface area (Å²) in [5.74, 6) is 0.0224. The number of likely N-dealkylation sites (tertiary alicyclic amines) is 1. The van der Waals surface area contributed by atoms with Crippen LogP contribution in [-0.4, -0.2) is 38.7 Å². The van der Waals surface area contributed by atoms with Crippen molar-refractivity contribution in [2.45, 2.75) is 12.8 Å². The second kappa shape index (κ2) is 5.98. The fraction of sp³-hybridized carbons (Fsp3) is 0.308. The number of rotatable bonds is 1. The second-order valence-electron chi connectivity index (χ2n) is 4.54. The molecule has 106 valence electrons. The highest BCUT2D eigenvalue weighted by Crippen LogP contribution is 2.35. The Morgan fingerprint density at radius 3 is 2.70 bits per heavy atom. The smallest absolute Gasteiger partial charge is 0.218 e. The molecule has 7 heteroatoms. The minimum atomic E-state index is 0. The molecule has 1 fully saturated rings. The number of nitrogens with zero attached hydrogens (tertiary/aromatic N) is 3. The number of para-hydroxylation sites is 1. The first kappa shape index (κ1) is 14.4. The van der Waals surface area contributed by atoms with Crippen molar-refractivity contribution in [1.29, 1.82) is 0 Å². The van der Waals surface area contributed by atoms with E-state index in [1.807, 2.05) is 29.2 Å². The maximum absolute atomic E-state index is 9.85. The summed E-state index contributed by atoms with van der Waals surface area (Å²) in [5.41, 5.74) is 1.28. The molecule has 2 aromatic rings. The number of nitrogens with one attached hydrogen (secondary N) is 1. The maximum atomic E-state index is 9.85. The summed E-state index contributed by atoms with van der Waals surface area (Å²) in [4.78, 5) is 4.90. The molecule has 3 rings (SSSR count). The summed E-state index contributed by atoms with van der Waals surface area (Å²) < 4.78 is 0. The van der Waals surface area contributed by atoms with E-state index < -0.39 is 0 Å². The number of aromatic amines is 1. The minimum absolute atomic E-state index is 0. The van der Waals surface area contributed by atoms with Crippen LogP contribution in [0.5, 0.6) is 5.88 Å². The lowest BCUT2D eigenvalue weighted by molar-refractivity contribution is 0.459. The zero-order chi connectivity index (χ0) is 13.2. The van der Waals surface area contributed by atoms with Crippen molar-refractivity contribution in [1.82, 2.24) is 9.88 Å². The van der Waals surface area contributed by atoms with Crippen LogP contribution in [-0.2, 0) is 0 Å². The van der Waals surface area contributed by atoms with Gasteiger partial charge < -0.3 is 20.5 Å². The zero-order valence-electron chi connectivity index (χ0n) is 10.8. The van der Waals surface area contributed by atoms with Gasteiger partial charge in [-0.2, -0.15) is 0 Å². The Labute approximate surface area is 121 Å². The molecule has 0 aliphatic carbocycles. The molecule has 0 amide bonds. The second-order valence-corrected chi connectivity index (χ2v) is 4.91. The minimum Gasteiger partial charge on any atom is -0.493 e. The van der Waals surface area contributed by atoms with Gasteiger partial charge in [0.2, 0.25) is 11.0 Å². The monoisotopic (exact) mass is 292 g/mol. The molecule has 1 aliphatic heterocycles. The number of thiocarbonyl (C=S) groups is 1. The van der Waals surface area contributed by atoms with Crippen LogP contribution < -0.4 is 0 Å². The topological polar surface area (TPSA) is 95.5 Å². The Morgan fingerprint density at radius 2 is 1.95 bits per heavy atom. The van der Waals surface area contributed by atoms with Gasteiger partial charge in [0.15, 0.2) is 5.69 Å². The molecule has 1 saturated heterocycles. The van der Waals surface area contributed by atoms with Crippen molar-refractivity contribution in [3.8, 4) is 5.88 Å². The van der Waals surface area contributed by atoms with Crippen molar-refractivity contribution in [3.05, 3.63) is 24.3 Å². The molecule has 2 heterocycles. The molecule has 0 spiro atoms. The van der Waals surface area contributed by atoms with Gasteiger partial charge in [-0.15, -0.1) is 10.2 Å². The first-order valence-corrected chi connectivity index (χ1v) is 6.67. The number of H-pyrrole nitrogens is 1. The van der Waals surface area contributed by atoms with E-state index in [1.54, 1.807) is 0 Å². The average Bonchev–Trinajstić information content (AvgIpc) is 3.03. The SMILES string of the molecule is O.Oc1[nH]c2ccccc2c1N=NC(=S)N1CCCC1. The van der Waals surface area contributed by atoms with Crippen LogP contribution in [0.4, 0.5) is 5.69 Å². The van der Waals surface area contributed by atoms with Crippen molar-refractivity contribution >= 4 is 33.9 Å². The van der Waals surface area contributed by atoms with Gasteiger partial charge in [-0.25, -0.2) is 0 Å². The molecule has 20 heavy (non-hydrogen) atoms. The lowest BCUT2D eigenvalue weighted by atomic mass is 10.2. The van der Waals surface area contributed by atoms with E-state index in [4.69, 9.17) is 12.2 Å². The molecule has 1 aromatic carbocycles. The number of aromatic hydroxyl groups is 1. The standard InChI is InChI=1S/C13H14N4OS.H2O/c18-12-11(9-5-1-2-6-10(9)14-12)15-16-13(19)17-7-3-4-8-17;/h1-2,5-6,14,18H,3-4,7-8H2;1H2. The summed E-state index contributed by atoms with van der Waals surface area (Å²) in [6.07, 6.45) is 2.29. The Balaban J connectivity index is 0.00000147. The first-order valence-electron chi connectivity index (χ1n) is 6.26. The maximum Gasteiger partial charge on any atom is 0.218 e. The lowest BCUT2D eigenvalue weighted by Crippen LogP contribution is -2.23. The van der Waals surface area contributed by atoms with Gasteiger partial charge in [-0.1, -0.05) is 18.2 Å². The fourth-order valence-electron chi connectivity index (χ4n) is 2.28. The Kier molecular flexibility index (Phi) is 4.31. The zero-order valence-corrected chi connectivity index (χ0v) is 11.7. The van der Waals surface area contributed by atoms with Gasteiger partial charge in [-0.05, 0) is 31.1 Å². The number of hydrogen-bond acceptors (Lipinski definition) is 3. The first-order chi connectivity index (χ1) is 9.25. The molecule has 0 bridgehead atoms. The third-order valence-corrected chi connectivity index (χ3v) is 3.61. The van der Waals surface area contributed by atoms with Crippen LogP contribution in [0.15, 0.2) is 34.5 Å². The van der Waals surface area contributed by atoms with Gasteiger partial charge in [-0.3, -0.25) is 0 Å². The Morgan fingerprint density at radius 1 is 1.25 bits per heavy atom. The van der Waals surface area contributed by atoms with Crippen LogP contribution in [0.2, 0.25) is 0 Å². The molecule has 0 saturated carbocycles. The normalized spacial score (nSPS) is 14.9. The van der Waals surface area contributed by atoms with E-state index in [0.29, 0.717) is 10.8 Å². The van der Waals surface area contributed by atoms with Crippen LogP contribution in [0.25, 0.3) is 10.9 Å². The molecule has 0 atom stereocenters. The number of fused-ring (bicyclic) bond motifs is 1. The van der Waals surface area contributed by atoms with E-state index in [9.17, 15) is 5.11 Å². The molecule has 0 radical (unpaired) electrons. The number of benzene rings is 1. The quantitative estimate of drug-likeness (QED) is 0.624. The summed E-state index contributed by atoms with van der Waals surface area (Å²) in [7, 11) is 0. The van der Waals surface area contributed by atoms with E-state index in [-0.39, 0.29) is 11.4 Å². The average molecular weight is 292 g/mol. The summed E-state index contributed by atoms with van der Waals surface area (Å²) in [6.45, 7) is 1.88. The Hall–Kier alpha value is -1.99. The van der Waals surface area contributed by atoms with Gasteiger partial charge in [0.05, 0.1) is 5.52 Å². The number of azo groups is 1.